The zero-order chi connectivity index (χ0) is 20.1. The highest BCUT2D eigenvalue weighted by Crippen LogP contribution is 2.15. The van der Waals surface area contributed by atoms with Crippen LogP contribution in [0.2, 0.25) is 0 Å². The van der Waals surface area contributed by atoms with Gasteiger partial charge < -0.3 is 4.74 Å². The minimum absolute atomic E-state index is 0.926. The highest BCUT2D eigenvalue weighted by molar-refractivity contribution is 5.50. The molecule has 0 aliphatic carbocycles. The Kier molecular flexibility index (Phi) is 16.9. The van der Waals surface area contributed by atoms with E-state index in [0.29, 0.717) is 0 Å². The van der Waals surface area contributed by atoms with Crippen LogP contribution in [0, 0.1) is 0 Å². The number of allylic oxidation sites excluding steroid dienone is 1. The Morgan fingerprint density at radius 3 is 1.46 bits per heavy atom. The van der Waals surface area contributed by atoms with Crippen molar-refractivity contribution in [1.29, 1.82) is 0 Å². The first kappa shape index (κ1) is 24.8. The van der Waals surface area contributed by atoms with Gasteiger partial charge in [0.2, 0.25) is 0 Å². The van der Waals surface area contributed by atoms with E-state index in [1.54, 1.807) is 7.11 Å². The lowest BCUT2D eigenvalue weighted by atomic mass is 10.0. The van der Waals surface area contributed by atoms with Crippen molar-refractivity contribution in [2.45, 2.75) is 116 Å². The SMILES string of the molecule is CCCCCCCCCCCCCCCCCCC=Cc1ccc(OC)cc1. The van der Waals surface area contributed by atoms with E-state index in [4.69, 9.17) is 4.74 Å². The molecule has 0 unspecified atom stereocenters. The van der Waals surface area contributed by atoms with E-state index in [1.807, 2.05) is 12.1 Å². The third kappa shape index (κ3) is 14.8. The molecule has 1 heteroatoms. The van der Waals surface area contributed by atoms with Crippen LogP contribution in [0.3, 0.4) is 0 Å². The fourth-order valence-electron chi connectivity index (χ4n) is 3.74. The lowest BCUT2D eigenvalue weighted by Crippen LogP contribution is -1.83. The van der Waals surface area contributed by atoms with Gasteiger partial charge in [0.15, 0.2) is 0 Å². The number of unbranched alkanes of at least 4 members (excludes halogenated alkanes) is 16. The first-order valence-electron chi connectivity index (χ1n) is 12.2. The van der Waals surface area contributed by atoms with Crippen molar-refractivity contribution in [3.8, 4) is 5.75 Å². The normalized spacial score (nSPS) is 11.4. The fourth-order valence-corrected chi connectivity index (χ4v) is 3.74. The van der Waals surface area contributed by atoms with Gasteiger partial charge in [-0.15, -0.1) is 0 Å². The zero-order valence-corrected chi connectivity index (χ0v) is 18.9. The molecule has 160 valence electrons. The molecular weight excluding hydrogens is 340 g/mol. The molecule has 1 aromatic rings. The monoisotopic (exact) mass is 386 g/mol. The second kappa shape index (κ2) is 19.1. The van der Waals surface area contributed by atoms with Gasteiger partial charge in [0, 0.05) is 0 Å². The van der Waals surface area contributed by atoms with Gasteiger partial charge in [0.1, 0.15) is 5.75 Å². The summed E-state index contributed by atoms with van der Waals surface area (Å²) in [7, 11) is 1.71. The maximum absolute atomic E-state index is 5.19. The lowest BCUT2D eigenvalue weighted by molar-refractivity contribution is 0.415. The summed E-state index contributed by atoms with van der Waals surface area (Å²) >= 11 is 0. The van der Waals surface area contributed by atoms with Crippen molar-refractivity contribution in [1.82, 2.24) is 0 Å². The number of hydrogen-bond donors (Lipinski definition) is 0. The van der Waals surface area contributed by atoms with Gasteiger partial charge in [-0.1, -0.05) is 128 Å². The lowest BCUT2D eigenvalue weighted by Gasteiger charge is -2.03. The van der Waals surface area contributed by atoms with E-state index in [-0.39, 0.29) is 0 Å². The predicted octanol–water partition coefficient (Wildman–Crippen LogP) is 9.36. The van der Waals surface area contributed by atoms with Crippen LogP contribution >= 0.6 is 0 Å². The highest BCUT2D eigenvalue weighted by atomic mass is 16.5. The van der Waals surface area contributed by atoms with Crippen molar-refractivity contribution in [2.75, 3.05) is 7.11 Å². The van der Waals surface area contributed by atoms with Crippen molar-refractivity contribution < 1.29 is 4.74 Å². The third-order valence-corrected chi connectivity index (χ3v) is 5.65. The number of benzene rings is 1. The van der Waals surface area contributed by atoms with Crippen molar-refractivity contribution in [2.24, 2.45) is 0 Å². The molecule has 0 atom stereocenters. The molecule has 1 rings (SSSR count). The molecule has 0 spiro atoms. The molecule has 0 amide bonds. The average molecular weight is 387 g/mol. The highest BCUT2D eigenvalue weighted by Gasteiger charge is 1.94. The molecule has 0 saturated carbocycles. The molecule has 0 radical (unpaired) electrons. The summed E-state index contributed by atoms with van der Waals surface area (Å²) in [5, 5.41) is 0. The predicted molar refractivity (Wildman–Crippen MR) is 126 cm³/mol. The Morgan fingerprint density at radius 2 is 1.04 bits per heavy atom. The van der Waals surface area contributed by atoms with E-state index in [0.717, 1.165) is 5.75 Å². The Balaban J connectivity index is 1.78. The molecule has 1 nitrogen and oxygen atoms in total. The Hall–Kier alpha value is -1.24. The van der Waals surface area contributed by atoms with E-state index < -0.39 is 0 Å². The first-order chi connectivity index (χ1) is 13.9. The van der Waals surface area contributed by atoms with Crippen molar-refractivity contribution in [3.63, 3.8) is 0 Å². The van der Waals surface area contributed by atoms with Gasteiger partial charge in [0.25, 0.3) is 0 Å². The Morgan fingerprint density at radius 1 is 0.607 bits per heavy atom. The smallest absolute Gasteiger partial charge is 0.118 e. The summed E-state index contributed by atoms with van der Waals surface area (Å²) in [4.78, 5) is 0. The number of ether oxygens (including phenoxy) is 1. The molecule has 0 N–H and O–H groups in total. The quantitative estimate of drug-likeness (QED) is 0.215. The van der Waals surface area contributed by atoms with E-state index in [9.17, 15) is 0 Å². The standard InChI is InChI=1S/C27H46O/c1-3-4-5-6-7-8-9-10-11-12-13-14-15-16-17-18-19-20-21-26-22-24-27(28-2)25-23-26/h20-25H,3-19H2,1-2H3. The molecule has 0 bridgehead atoms. The van der Waals surface area contributed by atoms with Gasteiger partial charge in [0.05, 0.1) is 7.11 Å². The largest absolute Gasteiger partial charge is 0.497 e. The number of rotatable bonds is 19. The molecule has 0 saturated heterocycles. The van der Waals surface area contributed by atoms with E-state index in [1.165, 1.54) is 115 Å². The van der Waals surface area contributed by atoms with E-state index >= 15 is 0 Å². The average Bonchev–Trinajstić information content (AvgIpc) is 2.73. The Labute approximate surface area is 176 Å². The van der Waals surface area contributed by atoms with Crippen LogP contribution in [0.1, 0.15) is 122 Å². The maximum atomic E-state index is 5.19. The van der Waals surface area contributed by atoms with Crippen LogP contribution in [0.15, 0.2) is 30.3 Å². The molecule has 0 aromatic heterocycles. The first-order valence-corrected chi connectivity index (χ1v) is 12.2. The van der Waals surface area contributed by atoms with Gasteiger partial charge >= 0.3 is 0 Å². The summed E-state index contributed by atoms with van der Waals surface area (Å²) in [5.41, 5.74) is 1.26. The third-order valence-electron chi connectivity index (χ3n) is 5.65. The van der Waals surface area contributed by atoms with E-state index in [2.05, 4.69) is 31.2 Å². The second-order valence-electron chi connectivity index (χ2n) is 8.27. The number of methoxy groups -OCH3 is 1. The fraction of sp³-hybridized carbons (Fsp3) is 0.704. The van der Waals surface area contributed by atoms with Crippen LogP contribution in [-0.4, -0.2) is 7.11 Å². The van der Waals surface area contributed by atoms with Crippen LogP contribution in [0.5, 0.6) is 5.75 Å². The van der Waals surface area contributed by atoms with Crippen molar-refractivity contribution >= 4 is 6.08 Å². The van der Waals surface area contributed by atoms with Crippen LogP contribution in [0.4, 0.5) is 0 Å². The summed E-state index contributed by atoms with van der Waals surface area (Å²) in [6.45, 7) is 2.29. The van der Waals surface area contributed by atoms with Crippen molar-refractivity contribution in [3.05, 3.63) is 35.9 Å². The minimum atomic E-state index is 0.926. The summed E-state index contributed by atoms with van der Waals surface area (Å²) in [6, 6.07) is 8.27. The summed E-state index contributed by atoms with van der Waals surface area (Å²) in [5.74, 6) is 0.926. The second-order valence-corrected chi connectivity index (χ2v) is 8.27. The molecule has 1 aromatic carbocycles. The zero-order valence-electron chi connectivity index (χ0n) is 18.9. The van der Waals surface area contributed by atoms with Gasteiger partial charge in [-0.25, -0.2) is 0 Å². The molecule has 0 heterocycles. The van der Waals surface area contributed by atoms with Crippen LogP contribution in [0.25, 0.3) is 6.08 Å². The topological polar surface area (TPSA) is 9.23 Å². The van der Waals surface area contributed by atoms with Gasteiger partial charge in [-0.05, 0) is 30.5 Å². The van der Waals surface area contributed by atoms with Gasteiger partial charge in [-0.2, -0.15) is 0 Å². The summed E-state index contributed by atoms with van der Waals surface area (Å²) in [6.07, 6.45) is 28.7. The van der Waals surface area contributed by atoms with Crippen LogP contribution < -0.4 is 4.74 Å². The molecular formula is C27H46O. The molecule has 0 fully saturated rings. The molecule has 0 aliphatic heterocycles. The van der Waals surface area contributed by atoms with Gasteiger partial charge in [-0.3, -0.25) is 0 Å². The molecule has 28 heavy (non-hydrogen) atoms. The molecule has 0 aliphatic rings. The maximum Gasteiger partial charge on any atom is 0.118 e. The summed E-state index contributed by atoms with van der Waals surface area (Å²) < 4.78 is 5.19. The van der Waals surface area contributed by atoms with Crippen LogP contribution in [-0.2, 0) is 0 Å². The Bertz CT molecular complexity index is 460. The minimum Gasteiger partial charge on any atom is -0.497 e. The number of hydrogen-bond acceptors (Lipinski definition) is 1.